The second-order valence-electron chi connectivity index (χ2n) is 3.52. The van der Waals surface area contributed by atoms with E-state index in [9.17, 15) is 4.79 Å². The van der Waals surface area contributed by atoms with Crippen LogP contribution in [0.25, 0.3) is 0 Å². The lowest BCUT2D eigenvalue weighted by molar-refractivity contribution is -0.140. The number of benzene rings is 1. The van der Waals surface area contributed by atoms with Crippen molar-refractivity contribution < 1.29 is 14.3 Å². The number of rotatable bonds is 6. The number of carbonyl (C=O) groups excluding carboxylic acids is 1. The van der Waals surface area contributed by atoms with E-state index in [0.29, 0.717) is 23.5 Å². The zero-order chi connectivity index (χ0) is 13.4. The van der Waals surface area contributed by atoms with Gasteiger partial charge in [-0.2, -0.15) is 17.0 Å². The lowest BCUT2D eigenvalue weighted by Crippen LogP contribution is -2.01. The Morgan fingerprint density at radius 3 is 2.83 bits per heavy atom. The maximum absolute atomic E-state index is 10.9. The standard InChI is InChI=1S/C13H15NO3S/c1-16-12-4-3-10(8-14)7-11(12)9-18-6-5-13(15)17-2/h3-4,7H,5-6,9H2,1-2H3. The maximum atomic E-state index is 10.9. The summed E-state index contributed by atoms with van der Waals surface area (Å²) in [5, 5.41) is 8.84. The third kappa shape index (κ3) is 4.30. The number of ether oxygens (including phenoxy) is 2. The first kappa shape index (κ1) is 14.4. The molecular weight excluding hydrogens is 250 g/mol. The summed E-state index contributed by atoms with van der Waals surface area (Å²) in [6.45, 7) is 0. The van der Waals surface area contributed by atoms with Gasteiger partial charge < -0.3 is 9.47 Å². The predicted octanol–water partition coefficient (Wildman–Crippen LogP) is 2.36. The van der Waals surface area contributed by atoms with Gasteiger partial charge in [0.1, 0.15) is 5.75 Å². The van der Waals surface area contributed by atoms with E-state index in [-0.39, 0.29) is 5.97 Å². The molecule has 0 spiro atoms. The molecule has 0 saturated heterocycles. The molecule has 4 nitrogen and oxygen atoms in total. The van der Waals surface area contributed by atoms with E-state index in [0.717, 1.165) is 11.3 Å². The molecule has 0 amide bonds. The highest BCUT2D eigenvalue weighted by Gasteiger charge is 2.06. The summed E-state index contributed by atoms with van der Waals surface area (Å²) < 4.78 is 9.79. The zero-order valence-corrected chi connectivity index (χ0v) is 11.3. The number of nitriles is 1. The summed E-state index contributed by atoms with van der Waals surface area (Å²) in [6.07, 6.45) is 0.390. The van der Waals surface area contributed by atoms with Crippen molar-refractivity contribution >= 4 is 17.7 Å². The first-order valence-corrected chi connectivity index (χ1v) is 6.58. The molecule has 0 unspecified atom stereocenters. The SMILES string of the molecule is COC(=O)CCSCc1cc(C#N)ccc1OC. The summed E-state index contributed by atoms with van der Waals surface area (Å²) in [5.74, 6) is 1.95. The summed E-state index contributed by atoms with van der Waals surface area (Å²) in [4.78, 5) is 10.9. The molecule has 1 rings (SSSR count). The van der Waals surface area contributed by atoms with Crippen LogP contribution in [0.15, 0.2) is 18.2 Å². The summed E-state index contributed by atoms with van der Waals surface area (Å²) in [5.41, 5.74) is 1.57. The monoisotopic (exact) mass is 265 g/mol. The molecule has 5 heteroatoms. The number of hydrogen-bond donors (Lipinski definition) is 0. The highest BCUT2D eigenvalue weighted by molar-refractivity contribution is 7.98. The van der Waals surface area contributed by atoms with Crippen molar-refractivity contribution in [3.63, 3.8) is 0 Å². The highest BCUT2D eigenvalue weighted by atomic mass is 32.2. The minimum Gasteiger partial charge on any atom is -0.496 e. The Bertz CT molecular complexity index is 454. The second kappa shape index (κ2) is 7.62. The van der Waals surface area contributed by atoms with Gasteiger partial charge in [-0.1, -0.05) is 0 Å². The minimum absolute atomic E-state index is 0.208. The average molecular weight is 265 g/mol. The Labute approximate surface area is 111 Å². The van der Waals surface area contributed by atoms with Crippen molar-refractivity contribution in [1.29, 1.82) is 5.26 Å². The first-order valence-electron chi connectivity index (χ1n) is 5.42. The van der Waals surface area contributed by atoms with Gasteiger partial charge in [0.2, 0.25) is 0 Å². The molecule has 1 aromatic rings. The Hall–Kier alpha value is -1.67. The number of nitrogens with zero attached hydrogens (tertiary/aromatic N) is 1. The molecule has 96 valence electrons. The van der Waals surface area contributed by atoms with Gasteiger partial charge in [0, 0.05) is 17.1 Å². The smallest absolute Gasteiger partial charge is 0.306 e. The van der Waals surface area contributed by atoms with Crippen LogP contribution in [0.5, 0.6) is 5.75 Å². The minimum atomic E-state index is -0.208. The molecule has 0 fully saturated rings. The third-order valence-electron chi connectivity index (χ3n) is 2.35. The lowest BCUT2D eigenvalue weighted by Gasteiger charge is -2.08. The molecule has 18 heavy (non-hydrogen) atoms. The molecule has 0 heterocycles. The van der Waals surface area contributed by atoms with Crippen LogP contribution in [0.3, 0.4) is 0 Å². The molecule has 0 saturated carbocycles. The fourth-order valence-corrected chi connectivity index (χ4v) is 2.30. The van der Waals surface area contributed by atoms with E-state index in [4.69, 9.17) is 10.00 Å². The molecular formula is C13H15NO3S. The largest absolute Gasteiger partial charge is 0.496 e. The molecule has 0 bridgehead atoms. The fourth-order valence-electron chi connectivity index (χ4n) is 1.40. The van der Waals surface area contributed by atoms with Gasteiger partial charge in [-0.25, -0.2) is 0 Å². The summed E-state index contributed by atoms with van der Waals surface area (Å²) >= 11 is 1.61. The molecule has 0 aliphatic heterocycles. The average Bonchev–Trinajstić information content (AvgIpc) is 2.42. The van der Waals surface area contributed by atoms with Crippen LogP contribution >= 0.6 is 11.8 Å². The number of thioether (sulfide) groups is 1. The van der Waals surface area contributed by atoms with Crippen molar-refractivity contribution in [2.24, 2.45) is 0 Å². The Morgan fingerprint density at radius 1 is 1.44 bits per heavy atom. The van der Waals surface area contributed by atoms with Gasteiger partial charge in [-0.3, -0.25) is 4.79 Å². The molecule has 0 radical (unpaired) electrons. The van der Waals surface area contributed by atoms with Crippen LogP contribution in [0, 0.1) is 11.3 Å². The number of carbonyl (C=O) groups is 1. The molecule has 0 N–H and O–H groups in total. The summed E-state index contributed by atoms with van der Waals surface area (Å²) in [6, 6.07) is 7.42. The van der Waals surface area contributed by atoms with Gasteiger partial charge in [-0.15, -0.1) is 0 Å². The summed E-state index contributed by atoms with van der Waals surface area (Å²) in [7, 11) is 2.98. The van der Waals surface area contributed by atoms with Crippen LogP contribution in [-0.4, -0.2) is 25.9 Å². The van der Waals surface area contributed by atoms with E-state index in [2.05, 4.69) is 10.8 Å². The molecule has 0 atom stereocenters. The Morgan fingerprint density at radius 2 is 2.22 bits per heavy atom. The third-order valence-corrected chi connectivity index (χ3v) is 3.35. The maximum Gasteiger partial charge on any atom is 0.306 e. The normalized spacial score (nSPS) is 9.61. The van der Waals surface area contributed by atoms with E-state index >= 15 is 0 Å². The van der Waals surface area contributed by atoms with Gasteiger partial charge in [0.05, 0.1) is 32.3 Å². The number of methoxy groups -OCH3 is 2. The zero-order valence-electron chi connectivity index (χ0n) is 10.4. The molecule has 0 aliphatic rings. The van der Waals surface area contributed by atoms with E-state index in [1.807, 2.05) is 6.07 Å². The molecule has 1 aromatic carbocycles. The van der Waals surface area contributed by atoms with Gasteiger partial charge in [0.25, 0.3) is 0 Å². The van der Waals surface area contributed by atoms with Crippen LogP contribution in [-0.2, 0) is 15.3 Å². The van der Waals surface area contributed by atoms with Crippen LogP contribution in [0.4, 0.5) is 0 Å². The first-order chi connectivity index (χ1) is 8.71. The fraction of sp³-hybridized carbons (Fsp3) is 0.385. The van der Waals surface area contributed by atoms with E-state index in [1.54, 1.807) is 31.0 Å². The quantitative estimate of drug-likeness (QED) is 0.583. The predicted molar refractivity (Wildman–Crippen MR) is 70.5 cm³/mol. The van der Waals surface area contributed by atoms with Crippen LogP contribution < -0.4 is 4.74 Å². The Balaban J connectivity index is 2.55. The van der Waals surface area contributed by atoms with Crippen LogP contribution in [0.1, 0.15) is 17.5 Å². The van der Waals surface area contributed by atoms with E-state index in [1.165, 1.54) is 7.11 Å². The topological polar surface area (TPSA) is 59.3 Å². The van der Waals surface area contributed by atoms with Crippen molar-refractivity contribution in [2.75, 3.05) is 20.0 Å². The number of esters is 1. The Kier molecular flexibility index (Phi) is 6.09. The van der Waals surface area contributed by atoms with Crippen molar-refractivity contribution in [1.82, 2.24) is 0 Å². The van der Waals surface area contributed by atoms with Crippen LogP contribution in [0.2, 0.25) is 0 Å². The second-order valence-corrected chi connectivity index (χ2v) is 4.62. The van der Waals surface area contributed by atoms with Gasteiger partial charge >= 0.3 is 5.97 Å². The van der Waals surface area contributed by atoms with Crippen molar-refractivity contribution in [3.8, 4) is 11.8 Å². The van der Waals surface area contributed by atoms with Gasteiger partial charge in [0.15, 0.2) is 0 Å². The highest BCUT2D eigenvalue weighted by Crippen LogP contribution is 2.24. The van der Waals surface area contributed by atoms with Crippen molar-refractivity contribution in [3.05, 3.63) is 29.3 Å². The van der Waals surface area contributed by atoms with Gasteiger partial charge in [-0.05, 0) is 18.2 Å². The molecule has 0 aromatic heterocycles. The van der Waals surface area contributed by atoms with E-state index < -0.39 is 0 Å². The van der Waals surface area contributed by atoms with Crippen molar-refractivity contribution in [2.45, 2.75) is 12.2 Å². The molecule has 0 aliphatic carbocycles. The number of hydrogen-bond acceptors (Lipinski definition) is 5. The lowest BCUT2D eigenvalue weighted by atomic mass is 10.1.